The predicted octanol–water partition coefficient (Wildman–Crippen LogP) is 3.74. The molecule has 2 aromatic carbocycles. The Kier molecular flexibility index (Phi) is 3.76. The van der Waals surface area contributed by atoms with Crippen LogP contribution < -0.4 is 0 Å². The van der Waals surface area contributed by atoms with Crippen LogP contribution in [0.5, 0.6) is 0 Å². The molecule has 1 unspecified atom stereocenters. The molecule has 1 aliphatic heterocycles. The lowest BCUT2D eigenvalue weighted by atomic mass is 9.73. The summed E-state index contributed by atoms with van der Waals surface area (Å²) in [5.41, 5.74) is 2.23. The number of ether oxygens (including phenoxy) is 1. The molecule has 3 aromatic rings. The summed E-state index contributed by atoms with van der Waals surface area (Å²) < 4.78 is 7.39. The molecule has 0 bridgehead atoms. The van der Waals surface area contributed by atoms with Gasteiger partial charge in [-0.15, -0.1) is 0 Å². The molecule has 1 aliphatic rings. The van der Waals surface area contributed by atoms with Crippen molar-refractivity contribution < 1.29 is 14.3 Å². The van der Waals surface area contributed by atoms with E-state index in [2.05, 4.69) is 6.58 Å². The molecule has 130 valence electrons. The van der Waals surface area contributed by atoms with Crippen molar-refractivity contribution in [3.8, 4) is 5.69 Å². The average molecular weight is 345 g/mol. The van der Waals surface area contributed by atoms with Crippen molar-refractivity contribution in [2.75, 3.05) is 6.61 Å². The Labute approximate surface area is 151 Å². The summed E-state index contributed by atoms with van der Waals surface area (Å²) in [5.74, 6) is -0.742. The molecule has 2 heterocycles. The normalized spacial score (nSPS) is 18.0. The predicted molar refractivity (Wildman–Crippen MR) is 100 cm³/mol. The van der Waals surface area contributed by atoms with Gasteiger partial charge >= 0.3 is 5.97 Å². The first kappa shape index (κ1) is 16.3. The van der Waals surface area contributed by atoms with Gasteiger partial charge in [-0.2, -0.15) is 0 Å². The van der Waals surface area contributed by atoms with Crippen LogP contribution in [0, 0.1) is 0 Å². The Morgan fingerprint density at radius 2 is 1.92 bits per heavy atom. The number of ketones is 1. The number of esters is 1. The van der Waals surface area contributed by atoms with E-state index in [1.807, 2.05) is 59.2 Å². The van der Waals surface area contributed by atoms with Crippen LogP contribution in [0.25, 0.3) is 16.6 Å². The molecule has 4 rings (SSSR count). The zero-order valence-electron chi connectivity index (χ0n) is 14.6. The molecule has 26 heavy (non-hydrogen) atoms. The summed E-state index contributed by atoms with van der Waals surface area (Å²) >= 11 is 0. The first-order chi connectivity index (χ1) is 12.6. The van der Waals surface area contributed by atoms with Crippen molar-refractivity contribution in [1.82, 2.24) is 4.57 Å². The molecule has 1 atom stereocenters. The SMILES string of the molecule is C=CCOC(=O)C1(C(C)=O)Cc2ccccc2-n2c1cc1ccccc12. The Balaban J connectivity index is 2.06. The van der Waals surface area contributed by atoms with Gasteiger partial charge in [0, 0.05) is 23.2 Å². The number of carbonyl (C=O) groups is 2. The fourth-order valence-corrected chi connectivity index (χ4v) is 3.87. The van der Waals surface area contributed by atoms with Crippen molar-refractivity contribution in [3.63, 3.8) is 0 Å². The van der Waals surface area contributed by atoms with Crippen LogP contribution in [0.4, 0.5) is 0 Å². The van der Waals surface area contributed by atoms with Crippen LogP contribution in [-0.2, 0) is 26.2 Å². The van der Waals surface area contributed by atoms with E-state index in [1.165, 1.54) is 13.0 Å². The van der Waals surface area contributed by atoms with Crippen LogP contribution in [0.3, 0.4) is 0 Å². The lowest BCUT2D eigenvalue weighted by Gasteiger charge is -2.35. The third-order valence-electron chi connectivity index (χ3n) is 5.12. The van der Waals surface area contributed by atoms with E-state index < -0.39 is 11.4 Å². The van der Waals surface area contributed by atoms with Crippen molar-refractivity contribution in [2.24, 2.45) is 0 Å². The highest BCUT2D eigenvalue weighted by atomic mass is 16.5. The second kappa shape index (κ2) is 5.99. The van der Waals surface area contributed by atoms with Crippen LogP contribution in [0.15, 0.2) is 67.3 Å². The molecule has 0 radical (unpaired) electrons. The fourth-order valence-electron chi connectivity index (χ4n) is 3.87. The molecule has 1 aromatic heterocycles. The lowest BCUT2D eigenvalue weighted by Crippen LogP contribution is -2.49. The Hall–Kier alpha value is -3.14. The Bertz CT molecular complexity index is 1050. The van der Waals surface area contributed by atoms with Gasteiger partial charge in [0.2, 0.25) is 0 Å². The minimum absolute atomic E-state index is 0.0791. The van der Waals surface area contributed by atoms with Crippen molar-refractivity contribution in [2.45, 2.75) is 18.8 Å². The molecule has 0 saturated heterocycles. The summed E-state index contributed by atoms with van der Waals surface area (Å²) in [6.45, 7) is 5.14. The topological polar surface area (TPSA) is 48.3 Å². The van der Waals surface area contributed by atoms with E-state index in [1.54, 1.807) is 0 Å². The number of carbonyl (C=O) groups excluding carboxylic acids is 2. The summed E-state index contributed by atoms with van der Waals surface area (Å²) in [6.07, 6.45) is 1.81. The average Bonchev–Trinajstić information content (AvgIpc) is 3.05. The van der Waals surface area contributed by atoms with Crippen LogP contribution in [0.2, 0.25) is 0 Å². The van der Waals surface area contributed by atoms with Crippen molar-refractivity contribution in [1.29, 1.82) is 0 Å². The molecule has 4 nitrogen and oxygen atoms in total. The smallest absolute Gasteiger partial charge is 0.326 e. The highest BCUT2D eigenvalue weighted by Gasteiger charge is 2.51. The lowest BCUT2D eigenvalue weighted by molar-refractivity contribution is -0.153. The first-order valence-electron chi connectivity index (χ1n) is 8.58. The van der Waals surface area contributed by atoms with Crippen molar-refractivity contribution in [3.05, 3.63) is 78.5 Å². The minimum atomic E-state index is -1.35. The maximum absolute atomic E-state index is 13.1. The highest BCUT2D eigenvalue weighted by molar-refractivity contribution is 6.10. The van der Waals surface area contributed by atoms with Gasteiger partial charge in [-0.25, -0.2) is 0 Å². The fraction of sp³-hybridized carbons (Fsp3) is 0.182. The largest absolute Gasteiger partial charge is 0.460 e. The molecule has 0 saturated carbocycles. The molecular weight excluding hydrogens is 326 g/mol. The van der Waals surface area contributed by atoms with Crippen LogP contribution >= 0.6 is 0 Å². The number of Topliss-reactive ketones (excluding diaryl/α,β-unsaturated/α-hetero) is 1. The van der Waals surface area contributed by atoms with Gasteiger partial charge in [-0.1, -0.05) is 49.1 Å². The van der Waals surface area contributed by atoms with Crippen LogP contribution in [0.1, 0.15) is 18.2 Å². The molecule has 0 spiro atoms. The quantitative estimate of drug-likeness (QED) is 0.411. The van der Waals surface area contributed by atoms with Gasteiger partial charge in [-0.3, -0.25) is 9.59 Å². The zero-order valence-corrected chi connectivity index (χ0v) is 14.6. The molecule has 0 aliphatic carbocycles. The number of nitrogens with zero attached hydrogens (tertiary/aromatic N) is 1. The van der Waals surface area contributed by atoms with Crippen molar-refractivity contribution >= 4 is 22.7 Å². The summed E-state index contributed by atoms with van der Waals surface area (Å²) in [7, 11) is 0. The highest BCUT2D eigenvalue weighted by Crippen LogP contribution is 2.42. The second-order valence-corrected chi connectivity index (χ2v) is 6.58. The standard InChI is InChI=1S/C22H19NO3/c1-3-12-26-21(25)22(15(2)24)14-17-9-5-7-11-19(17)23-18-10-6-4-8-16(18)13-20(22)23/h3-11,13H,1,12,14H2,2H3. The second-order valence-electron chi connectivity index (χ2n) is 6.58. The summed E-state index contributed by atoms with van der Waals surface area (Å²) in [5, 5.41) is 0.987. The maximum atomic E-state index is 13.1. The van der Waals surface area contributed by atoms with Gasteiger partial charge in [-0.05, 0) is 30.7 Å². The van der Waals surface area contributed by atoms with Gasteiger partial charge in [0.1, 0.15) is 6.61 Å². The van der Waals surface area contributed by atoms with Gasteiger partial charge in [0.15, 0.2) is 11.2 Å². The monoisotopic (exact) mass is 345 g/mol. The minimum Gasteiger partial charge on any atom is -0.460 e. The Morgan fingerprint density at radius 3 is 2.69 bits per heavy atom. The number of benzene rings is 2. The number of para-hydroxylation sites is 2. The molecule has 0 amide bonds. The summed E-state index contributed by atoms with van der Waals surface area (Å²) in [6, 6.07) is 17.7. The first-order valence-corrected chi connectivity index (χ1v) is 8.58. The van der Waals surface area contributed by atoms with E-state index in [-0.39, 0.29) is 12.4 Å². The number of fused-ring (bicyclic) bond motifs is 5. The zero-order chi connectivity index (χ0) is 18.3. The summed E-state index contributed by atoms with van der Waals surface area (Å²) in [4.78, 5) is 25.9. The van der Waals surface area contributed by atoms with E-state index in [0.29, 0.717) is 12.1 Å². The van der Waals surface area contributed by atoms with Crippen LogP contribution in [-0.4, -0.2) is 22.9 Å². The number of hydrogen-bond donors (Lipinski definition) is 0. The number of aromatic nitrogens is 1. The van der Waals surface area contributed by atoms with Gasteiger partial charge < -0.3 is 9.30 Å². The number of rotatable bonds is 4. The maximum Gasteiger partial charge on any atom is 0.326 e. The molecule has 0 N–H and O–H groups in total. The molecular formula is C22H19NO3. The molecule has 4 heteroatoms. The van der Waals surface area contributed by atoms with Gasteiger partial charge in [0.25, 0.3) is 0 Å². The Morgan fingerprint density at radius 1 is 1.19 bits per heavy atom. The van der Waals surface area contributed by atoms with E-state index >= 15 is 0 Å². The van der Waals surface area contributed by atoms with E-state index in [0.717, 1.165) is 22.2 Å². The third kappa shape index (κ3) is 2.15. The number of hydrogen-bond acceptors (Lipinski definition) is 3. The van der Waals surface area contributed by atoms with E-state index in [4.69, 9.17) is 4.74 Å². The van der Waals surface area contributed by atoms with Gasteiger partial charge in [0.05, 0.1) is 5.52 Å². The van der Waals surface area contributed by atoms with E-state index in [9.17, 15) is 9.59 Å². The molecule has 0 fully saturated rings. The third-order valence-corrected chi connectivity index (χ3v) is 5.12.